The first kappa shape index (κ1) is 13.2. The largest absolute Gasteiger partial charge is 0.306 e. The van der Waals surface area contributed by atoms with Gasteiger partial charge in [-0.2, -0.15) is 0 Å². The summed E-state index contributed by atoms with van der Waals surface area (Å²) in [6.07, 6.45) is 1.05. The van der Waals surface area contributed by atoms with E-state index in [0.29, 0.717) is 12.1 Å². The fourth-order valence-electron chi connectivity index (χ4n) is 2.12. The number of aryl methyl sites for hydroxylation is 1. The van der Waals surface area contributed by atoms with Gasteiger partial charge < -0.3 is 5.32 Å². The second kappa shape index (κ2) is 6.12. The molecule has 18 heavy (non-hydrogen) atoms. The molecule has 0 aliphatic carbocycles. The maximum atomic E-state index is 4.53. The number of nitrogens with one attached hydrogen (secondary N) is 1. The van der Waals surface area contributed by atoms with Gasteiger partial charge in [0.25, 0.3) is 0 Å². The van der Waals surface area contributed by atoms with Gasteiger partial charge in [0.05, 0.1) is 10.7 Å². The van der Waals surface area contributed by atoms with Crippen molar-refractivity contribution in [1.29, 1.82) is 0 Å². The molecule has 3 heteroatoms. The SMILES string of the molecule is Cc1nc(C(C)NC(C)Cc2ccccc2)cs1. The van der Waals surface area contributed by atoms with Crippen LogP contribution in [0.15, 0.2) is 35.7 Å². The second-order valence-corrected chi connectivity index (χ2v) is 5.83. The van der Waals surface area contributed by atoms with Crippen molar-refractivity contribution >= 4 is 11.3 Å². The molecule has 2 rings (SSSR count). The first-order chi connectivity index (χ1) is 8.65. The second-order valence-electron chi connectivity index (χ2n) is 4.77. The van der Waals surface area contributed by atoms with Crippen LogP contribution >= 0.6 is 11.3 Å². The summed E-state index contributed by atoms with van der Waals surface area (Å²) in [5.41, 5.74) is 2.52. The van der Waals surface area contributed by atoms with Crippen LogP contribution in [0.3, 0.4) is 0 Å². The van der Waals surface area contributed by atoms with E-state index in [1.807, 2.05) is 6.92 Å². The summed E-state index contributed by atoms with van der Waals surface area (Å²) in [6.45, 7) is 6.45. The maximum absolute atomic E-state index is 4.53. The molecule has 0 amide bonds. The molecule has 2 atom stereocenters. The van der Waals surface area contributed by atoms with Gasteiger partial charge in [0.2, 0.25) is 0 Å². The predicted octanol–water partition coefficient (Wildman–Crippen LogP) is 3.73. The quantitative estimate of drug-likeness (QED) is 0.886. The van der Waals surface area contributed by atoms with Crippen LogP contribution in [0.1, 0.15) is 36.2 Å². The average Bonchev–Trinajstić information content (AvgIpc) is 2.77. The van der Waals surface area contributed by atoms with Gasteiger partial charge in [-0.3, -0.25) is 0 Å². The molecule has 0 bridgehead atoms. The van der Waals surface area contributed by atoms with Crippen LogP contribution in [0, 0.1) is 6.92 Å². The number of thiazole rings is 1. The summed E-state index contributed by atoms with van der Waals surface area (Å²) in [5.74, 6) is 0. The molecular formula is C15H20N2S. The molecule has 0 aliphatic rings. The van der Waals surface area contributed by atoms with E-state index in [9.17, 15) is 0 Å². The number of rotatable bonds is 5. The normalized spacial score (nSPS) is 14.4. The lowest BCUT2D eigenvalue weighted by Crippen LogP contribution is -2.30. The van der Waals surface area contributed by atoms with E-state index < -0.39 is 0 Å². The van der Waals surface area contributed by atoms with Crippen molar-refractivity contribution < 1.29 is 0 Å². The topological polar surface area (TPSA) is 24.9 Å². The third-order valence-electron chi connectivity index (χ3n) is 3.00. The lowest BCUT2D eigenvalue weighted by Gasteiger charge is -2.18. The van der Waals surface area contributed by atoms with Gasteiger partial charge in [0.15, 0.2) is 0 Å². The average molecular weight is 260 g/mol. The number of hydrogen-bond donors (Lipinski definition) is 1. The third-order valence-corrected chi connectivity index (χ3v) is 3.79. The molecule has 0 spiro atoms. The Hall–Kier alpha value is -1.19. The highest BCUT2D eigenvalue weighted by atomic mass is 32.1. The highest BCUT2D eigenvalue weighted by Gasteiger charge is 2.12. The zero-order valence-electron chi connectivity index (χ0n) is 11.2. The molecule has 1 heterocycles. The summed E-state index contributed by atoms with van der Waals surface area (Å²) in [6, 6.07) is 11.4. The molecule has 0 fully saturated rings. The van der Waals surface area contributed by atoms with E-state index in [2.05, 4.69) is 59.9 Å². The minimum atomic E-state index is 0.314. The van der Waals surface area contributed by atoms with Gasteiger partial charge >= 0.3 is 0 Å². The van der Waals surface area contributed by atoms with Gasteiger partial charge in [0, 0.05) is 17.5 Å². The Morgan fingerprint density at radius 1 is 1.22 bits per heavy atom. The Morgan fingerprint density at radius 2 is 1.94 bits per heavy atom. The van der Waals surface area contributed by atoms with E-state index in [4.69, 9.17) is 0 Å². The Labute approximate surface area is 113 Å². The number of nitrogens with zero attached hydrogens (tertiary/aromatic N) is 1. The Balaban J connectivity index is 1.89. The fourth-order valence-corrected chi connectivity index (χ4v) is 2.82. The smallest absolute Gasteiger partial charge is 0.0898 e. The van der Waals surface area contributed by atoms with Crippen LogP contribution < -0.4 is 5.32 Å². The van der Waals surface area contributed by atoms with Gasteiger partial charge in [-0.05, 0) is 32.8 Å². The van der Waals surface area contributed by atoms with Crippen LogP contribution in [-0.2, 0) is 6.42 Å². The number of hydrogen-bond acceptors (Lipinski definition) is 3. The standard InChI is InChI=1S/C15H20N2S/c1-11(9-14-7-5-4-6-8-14)16-12(2)15-10-18-13(3)17-15/h4-8,10-12,16H,9H2,1-3H3. The first-order valence-corrected chi connectivity index (χ1v) is 7.25. The summed E-state index contributed by atoms with van der Waals surface area (Å²) in [5, 5.41) is 6.88. The van der Waals surface area contributed by atoms with Gasteiger partial charge in [-0.15, -0.1) is 11.3 Å². The van der Waals surface area contributed by atoms with Crippen LogP contribution in [0.25, 0.3) is 0 Å². The number of aromatic nitrogens is 1. The third kappa shape index (κ3) is 3.65. The molecule has 1 aromatic heterocycles. The van der Waals surface area contributed by atoms with E-state index in [1.54, 1.807) is 11.3 Å². The minimum absolute atomic E-state index is 0.314. The Kier molecular flexibility index (Phi) is 4.50. The minimum Gasteiger partial charge on any atom is -0.306 e. The predicted molar refractivity (Wildman–Crippen MR) is 78.0 cm³/mol. The molecular weight excluding hydrogens is 240 g/mol. The summed E-state index contributed by atoms with van der Waals surface area (Å²) < 4.78 is 0. The molecule has 1 N–H and O–H groups in total. The van der Waals surface area contributed by atoms with Crippen molar-refractivity contribution in [3.63, 3.8) is 0 Å². The zero-order valence-corrected chi connectivity index (χ0v) is 12.0. The molecule has 1 aromatic carbocycles. The van der Waals surface area contributed by atoms with Crippen molar-refractivity contribution in [3.8, 4) is 0 Å². The van der Waals surface area contributed by atoms with Gasteiger partial charge in [0.1, 0.15) is 0 Å². The summed E-state index contributed by atoms with van der Waals surface area (Å²) in [4.78, 5) is 4.53. The van der Waals surface area contributed by atoms with Crippen LogP contribution in [-0.4, -0.2) is 11.0 Å². The van der Waals surface area contributed by atoms with Crippen LogP contribution in [0.5, 0.6) is 0 Å². The summed E-state index contributed by atoms with van der Waals surface area (Å²) in [7, 11) is 0. The van der Waals surface area contributed by atoms with Crippen LogP contribution in [0.2, 0.25) is 0 Å². The Morgan fingerprint density at radius 3 is 2.56 bits per heavy atom. The fraction of sp³-hybridized carbons (Fsp3) is 0.400. The molecule has 96 valence electrons. The summed E-state index contributed by atoms with van der Waals surface area (Å²) >= 11 is 1.71. The van der Waals surface area contributed by atoms with Gasteiger partial charge in [-0.1, -0.05) is 30.3 Å². The van der Waals surface area contributed by atoms with Crippen molar-refractivity contribution in [3.05, 3.63) is 52.0 Å². The number of benzene rings is 1. The van der Waals surface area contributed by atoms with E-state index in [-0.39, 0.29) is 0 Å². The highest BCUT2D eigenvalue weighted by molar-refractivity contribution is 7.09. The molecule has 2 nitrogen and oxygen atoms in total. The molecule has 0 radical (unpaired) electrons. The molecule has 0 aliphatic heterocycles. The highest BCUT2D eigenvalue weighted by Crippen LogP contribution is 2.16. The monoisotopic (exact) mass is 260 g/mol. The molecule has 0 saturated heterocycles. The van der Waals surface area contributed by atoms with Crippen molar-refractivity contribution in [1.82, 2.24) is 10.3 Å². The maximum Gasteiger partial charge on any atom is 0.0898 e. The van der Waals surface area contributed by atoms with Crippen molar-refractivity contribution in [2.45, 2.75) is 39.3 Å². The lowest BCUT2D eigenvalue weighted by molar-refractivity contribution is 0.471. The van der Waals surface area contributed by atoms with E-state index in [1.165, 1.54) is 5.56 Å². The molecule has 2 aromatic rings. The van der Waals surface area contributed by atoms with Gasteiger partial charge in [-0.25, -0.2) is 4.98 Å². The molecule has 0 saturated carbocycles. The zero-order chi connectivity index (χ0) is 13.0. The lowest BCUT2D eigenvalue weighted by atomic mass is 10.1. The van der Waals surface area contributed by atoms with E-state index in [0.717, 1.165) is 17.1 Å². The van der Waals surface area contributed by atoms with Crippen molar-refractivity contribution in [2.75, 3.05) is 0 Å². The first-order valence-electron chi connectivity index (χ1n) is 6.37. The van der Waals surface area contributed by atoms with Crippen LogP contribution in [0.4, 0.5) is 0 Å². The van der Waals surface area contributed by atoms with Crippen molar-refractivity contribution in [2.24, 2.45) is 0 Å². The van der Waals surface area contributed by atoms with E-state index >= 15 is 0 Å². The molecule has 2 unspecified atom stereocenters. The Bertz CT molecular complexity index is 478.